The zero-order valence-electron chi connectivity index (χ0n) is 7.39. The predicted octanol–water partition coefficient (Wildman–Crippen LogP) is 1.75. The first-order chi connectivity index (χ1) is 6.22. The summed E-state index contributed by atoms with van der Waals surface area (Å²) >= 11 is 0. The first-order valence-corrected chi connectivity index (χ1v) is 4.54. The van der Waals surface area contributed by atoms with E-state index in [-0.39, 0.29) is 0 Å². The summed E-state index contributed by atoms with van der Waals surface area (Å²) in [6.07, 6.45) is 7.74. The minimum atomic E-state index is -0.469. The SMILES string of the molecule is NC1(c2ccn[c]c2F)CCCC1. The molecule has 1 aromatic rings. The molecule has 0 unspecified atom stereocenters. The van der Waals surface area contributed by atoms with Gasteiger partial charge in [0.2, 0.25) is 0 Å². The first-order valence-electron chi connectivity index (χ1n) is 4.54. The van der Waals surface area contributed by atoms with Crippen LogP contribution in [0.25, 0.3) is 0 Å². The Morgan fingerprint density at radius 2 is 2.15 bits per heavy atom. The van der Waals surface area contributed by atoms with Gasteiger partial charge in [0.15, 0.2) is 5.82 Å². The number of halogens is 1. The van der Waals surface area contributed by atoms with E-state index < -0.39 is 11.4 Å². The number of rotatable bonds is 1. The Bertz CT molecular complexity index is 306. The van der Waals surface area contributed by atoms with Crippen LogP contribution in [0.2, 0.25) is 0 Å². The Labute approximate surface area is 77.0 Å². The molecule has 1 aromatic heterocycles. The van der Waals surface area contributed by atoms with E-state index in [9.17, 15) is 4.39 Å². The third-order valence-corrected chi connectivity index (χ3v) is 2.75. The second kappa shape index (κ2) is 3.07. The van der Waals surface area contributed by atoms with Gasteiger partial charge in [-0.2, -0.15) is 0 Å². The van der Waals surface area contributed by atoms with E-state index in [1.165, 1.54) is 0 Å². The smallest absolute Gasteiger partial charge is 0.156 e. The topological polar surface area (TPSA) is 38.9 Å². The minimum Gasteiger partial charge on any atom is -0.321 e. The molecule has 69 valence electrons. The van der Waals surface area contributed by atoms with Gasteiger partial charge in [0.1, 0.15) is 6.20 Å². The molecule has 1 heterocycles. The highest BCUT2D eigenvalue weighted by atomic mass is 19.1. The second-order valence-electron chi connectivity index (χ2n) is 3.65. The molecule has 0 aromatic carbocycles. The van der Waals surface area contributed by atoms with E-state index >= 15 is 0 Å². The van der Waals surface area contributed by atoms with Gasteiger partial charge in [-0.1, -0.05) is 12.8 Å². The summed E-state index contributed by atoms with van der Waals surface area (Å²) in [5, 5.41) is 0. The molecule has 2 nitrogen and oxygen atoms in total. The van der Waals surface area contributed by atoms with Gasteiger partial charge in [-0.25, -0.2) is 4.39 Å². The van der Waals surface area contributed by atoms with Gasteiger partial charge in [0.05, 0.1) is 0 Å². The van der Waals surface area contributed by atoms with Gasteiger partial charge >= 0.3 is 0 Å². The Hall–Kier alpha value is -0.960. The van der Waals surface area contributed by atoms with Crippen LogP contribution in [0.1, 0.15) is 31.2 Å². The van der Waals surface area contributed by atoms with E-state index in [0.717, 1.165) is 25.7 Å². The van der Waals surface area contributed by atoms with Crippen molar-refractivity contribution in [2.45, 2.75) is 31.2 Å². The van der Waals surface area contributed by atoms with Crippen LogP contribution in [0.5, 0.6) is 0 Å². The van der Waals surface area contributed by atoms with Crippen molar-refractivity contribution in [3.63, 3.8) is 0 Å². The second-order valence-corrected chi connectivity index (χ2v) is 3.65. The van der Waals surface area contributed by atoms with Crippen molar-refractivity contribution in [3.05, 3.63) is 29.8 Å². The van der Waals surface area contributed by atoms with Crippen molar-refractivity contribution in [1.29, 1.82) is 0 Å². The average Bonchev–Trinajstić information content (AvgIpc) is 2.54. The molecule has 1 aliphatic rings. The van der Waals surface area contributed by atoms with Crippen molar-refractivity contribution < 1.29 is 4.39 Å². The Balaban J connectivity index is 2.39. The molecule has 1 fully saturated rings. The molecule has 1 saturated carbocycles. The highest BCUT2D eigenvalue weighted by molar-refractivity contribution is 5.23. The molecular weight excluding hydrogens is 167 g/mol. The van der Waals surface area contributed by atoms with Crippen LogP contribution in [-0.2, 0) is 5.54 Å². The fraction of sp³-hybridized carbons (Fsp3) is 0.500. The van der Waals surface area contributed by atoms with E-state index in [1.807, 2.05) is 0 Å². The lowest BCUT2D eigenvalue weighted by Crippen LogP contribution is -2.34. The molecule has 0 saturated heterocycles. The van der Waals surface area contributed by atoms with Crippen molar-refractivity contribution in [1.82, 2.24) is 4.98 Å². The van der Waals surface area contributed by atoms with Crippen molar-refractivity contribution >= 4 is 0 Å². The number of hydrogen-bond acceptors (Lipinski definition) is 2. The van der Waals surface area contributed by atoms with E-state index in [0.29, 0.717) is 5.56 Å². The zero-order valence-corrected chi connectivity index (χ0v) is 7.39. The molecule has 0 spiro atoms. The standard InChI is InChI=1S/C10H12FN2/c11-9-7-13-6-3-8(9)10(12)4-1-2-5-10/h3,6H,1-2,4-5,12H2. The summed E-state index contributed by atoms with van der Waals surface area (Å²) in [4.78, 5) is 3.59. The van der Waals surface area contributed by atoms with Gasteiger partial charge < -0.3 is 5.73 Å². The maximum absolute atomic E-state index is 13.3. The molecular formula is C10H12FN2. The highest BCUT2D eigenvalue weighted by Gasteiger charge is 2.33. The quantitative estimate of drug-likeness (QED) is 0.713. The van der Waals surface area contributed by atoms with Crippen LogP contribution in [0.3, 0.4) is 0 Å². The molecule has 0 aliphatic heterocycles. The van der Waals surface area contributed by atoms with E-state index in [1.54, 1.807) is 12.3 Å². The predicted molar refractivity (Wildman–Crippen MR) is 47.4 cm³/mol. The third-order valence-electron chi connectivity index (χ3n) is 2.75. The molecule has 0 bridgehead atoms. The fourth-order valence-corrected chi connectivity index (χ4v) is 2.00. The maximum Gasteiger partial charge on any atom is 0.156 e. The molecule has 0 amide bonds. The lowest BCUT2D eigenvalue weighted by atomic mass is 9.90. The summed E-state index contributed by atoms with van der Waals surface area (Å²) in [5.74, 6) is -0.396. The normalized spacial score (nSPS) is 20.5. The van der Waals surface area contributed by atoms with Crippen molar-refractivity contribution in [2.75, 3.05) is 0 Å². The Kier molecular flexibility index (Phi) is 2.04. The van der Waals surface area contributed by atoms with Gasteiger partial charge in [-0.05, 0) is 18.9 Å². The molecule has 2 N–H and O–H groups in total. The monoisotopic (exact) mass is 179 g/mol. The fourth-order valence-electron chi connectivity index (χ4n) is 2.00. The number of nitrogens with two attached hydrogens (primary N) is 1. The highest BCUT2D eigenvalue weighted by Crippen LogP contribution is 2.36. The lowest BCUT2D eigenvalue weighted by molar-refractivity contribution is 0.431. The summed E-state index contributed by atoms with van der Waals surface area (Å²) in [7, 11) is 0. The van der Waals surface area contributed by atoms with E-state index in [4.69, 9.17) is 5.73 Å². The van der Waals surface area contributed by atoms with Crippen LogP contribution >= 0.6 is 0 Å². The maximum atomic E-state index is 13.3. The first kappa shape index (κ1) is 8.63. The van der Waals surface area contributed by atoms with Gasteiger partial charge in [-0.3, -0.25) is 4.98 Å². The molecule has 13 heavy (non-hydrogen) atoms. The Morgan fingerprint density at radius 3 is 2.77 bits per heavy atom. The molecule has 1 aliphatic carbocycles. The van der Waals surface area contributed by atoms with Crippen molar-refractivity contribution in [3.8, 4) is 0 Å². The number of nitrogens with zero attached hydrogens (tertiary/aromatic N) is 1. The zero-order chi connectivity index (χ0) is 9.31. The third kappa shape index (κ3) is 1.44. The molecule has 2 rings (SSSR count). The van der Waals surface area contributed by atoms with Crippen molar-refractivity contribution in [2.24, 2.45) is 5.73 Å². The van der Waals surface area contributed by atoms with Crippen LogP contribution in [0, 0.1) is 12.0 Å². The summed E-state index contributed by atoms with van der Waals surface area (Å²) in [6.45, 7) is 0. The summed E-state index contributed by atoms with van der Waals surface area (Å²) < 4.78 is 13.3. The average molecular weight is 179 g/mol. The van der Waals surface area contributed by atoms with Gasteiger partial charge in [-0.15, -0.1) is 0 Å². The number of aromatic nitrogens is 1. The summed E-state index contributed by atoms with van der Waals surface area (Å²) in [5.41, 5.74) is 6.19. The van der Waals surface area contributed by atoms with Crippen LogP contribution in [0.4, 0.5) is 4.39 Å². The van der Waals surface area contributed by atoms with Gasteiger partial charge in [0.25, 0.3) is 0 Å². The van der Waals surface area contributed by atoms with E-state index in [2.05, 4.69) is 11.2 Å². The minimum absolute atomic E-state index is 0.396. The van der Waals surface area contributed by atoms with Crippen LogP contribution in [0.15, 0.2) is 12.3 Å². The van der Waals surface area contributed by atoms with Gasteiger partial charge in [0, 0.05) is 17.3 Å². The number of hydrogen-bond donors (Lipinski definition) is 1. The lowest BCUT2D eigenvalue weighted by Gasteiger charge is -2.23. The number of pyridine rings is 1. The van der Waals surface area contributed by atoms with Crippen LogP contribution in [-0.4, -0.2) is 4.98 Å². The molecule has 1 radical (unpaired) electrons. The largest absolute Gasteiger partial charge is 0.321 e. The molecule has 3 heteroatoms. The Morgan fingerprint density at radius 1 is 1.46 bits per heavy atom. The summed E-state index contributed by atoms with van der Waals surface area (Å²) in [6, 6.07) is 1.66. The molecule has 0 atom stereocenters. The van der Waals surface area contributed by atoms with Crippen LogP contribution < -0.4 is 5.73 Å².